The quantitative estimate of drug-likeness (QED) is 0.774. The van der Waals surface area contributed by atoms with Crippen molar-refractivity contribution in [2.45, 2.75) is 52.0 Å². The van der Waals surface area contributed by atoms with Gasteiger partial charge in [0.15, 0.2) is 0 Å². The number of carbonyl (C=O) groups excluding carboxylic acids is 1. The molecular weight excluding hydrogens is 256 g/mol. The predicted octanol–water partition coefficient (Wildman–Crippen LogP) is 1.82. The Bertz CT molecular complexity index is 325. The summed E-state index contributed by atoms with van der Waals surface area (Å²) in [5.74, 6) is -0.0713. The second-order valence-corrected chi connectivity index (χ2v) is 6.02. The molecule has 1 rings (SSSR count). The number of hydrogen-bond acceptors (Lipinski definition) is 3. The van der Waals surface area contributed by atoms with Crippen molar-refractivity contribution in [2.75, 3.05) is 26.7 Å². The van der Waals surface area contributed by atoms with E-state index in [0.717, 1.165) is 25.2 Å². The third-order valence-corrected chi connectivity index (χ3v) is 4.18. The third kappa shape index (κ3) is 5.49. The number of aliphatic carboxylic acids is 1. The average Bonchev–Trinajstić information content (AvgIpc) is 2.38. The van der Waals surface area contributed by atoms with Gasteiger partial charge in [-0.25, -0.2) is 0 Å². The van der Waals surface area contributed by atoms with Gasteiger partial charge in [-0.05, 0) is 44.6 Å². The van der Waals surface area contributed by atoms with Gasteiger partial charge in [0.25, 0.3) is 0 Å². The van der Waals surface area contributed by atoms with Crippen molar-refractivity contribution in [1.29, 1.82) is 0 Å². The molecule has 1 aliphatic carbocycles. The van der Waals surface area contributed by atoms with Crippen LogP contribution in [0.5, 0.6) is 0 Å². The maximum atomic E-state index is 12.3. The van der Waals surface area contributed by atoms with Crippen LogP contribution in [0, 0.1) is 5.92 Å². The van der Waals surface area contributed by atoms with E-state index in [1.807, 2.05) is 18.9 Å². The van der Waals surface area contributed by atoms with Crippen LogP contribution in [-0.4, -0.2) is 59.5 Å². The van der Waals surface area contributed by atoms with Crippen molar-refractivity contribution in [3.8, 4) is 0 Å². The Morgan fingerprint density at radius 2 is 1.75 bits per heavy atom. The highest BCUT2D eigenvalue weighted by molar-refractivity contribution is 5.79. The second kappa shape index (κ2) is 8.25. The molecular formula is C15H28N2O3. The maximum Gasteiger partial charge on any atom is 0.317 e. The lowest BCUT2D eigenvalue weighted by molar-refractivity contribution is -0.140. The van der Waals surface area contributed by atoms with Gasteiger partial charge in [0.05, 0.1) is 13.1 Å². The monoisotopic (exact) mass is 284 g/mol. The van der Waals surface area contributed by atoms with E-state index in [0.29, 0.717) is 12.6 Å². The summed E-state index contributed by atoms with van der Waals surface area (Å²) in [6.07, 6.45) is 5.34. The zero-order valence-electron chi connectivity index (χ0n) is 13.0. The van der Waals surface area contributed by atoms with E-state index < -0.39 is 5.97 Å². The lowest BCUT2D eigenvalue weighted by atomic mass is 9.87. The highest BCUT2D eigenvalue weighted by atomic mass is 16.4. The van der Waals surface area contributed by atoms with E-state index in [2.05, 4.69) is 6.92 Å². The number of amides is 1. The molecule has 0 radical (unpaired) electrons. The van der Waals surface area contributed by atoms with Crippen LogP contribution in [-0.2, 0) is 9.59 Å². The lowest BCUT2D eigenvalue weighted by Crippen LogP contribution is -2.45. The first-order valence-corrected chi connectivity index (χ1v) is 7.63. The van der Waals surface area contributed by atoms with Gasteiger partial charge in [-0.15, -0.1) is 0 Å². The topological polar surface area (TPSA) is 60.9 Å². The number of likely N-dealkylation sites (N-methyl/N-ethyl adjacent to an activating group) is 1. The van der Waals surface area contributed by atoms with Crippen LogP contribution >= 0.6 is 0 Å². The van der Waals surface area contributed by atoms with Gasteiger partial charge >= 0.3 is 5.97 Å². The van der Waals surface area contributed by atoms with E-state index >= 15 is 0 Å². The Morgan fingerprint density at radius 1 is 1.15 bits per heavy atom. The van der Waals surface area contributed by atoms with Gasteiger partial charge in [0.1, 0.15) is 0 Å². The Hall–Kier alpha value is -1.10. The maximum absolute atomic E-state index is 12.3. The molecule has 0 aromatic heterocycles. The molecule has 0 aromatic rings. The van der Waals surface area contributed by atoms with Crippen molar-refractivity contribution >= 4 is 11.9 Å². The molecule has 0 atom stereocenters. The summed E-state index contributed by atoms with van der Waals surface area (Å²) in [7, 11) is 1.86. The molecule has 0 aliphatic heterocycles. The number of carboxylic acids is 1. The van der Waals surface area contributed by atoms with E-state index in [4.69, 9.17) is 5.11 Å². The largest absolute Gasteiger partial charge is 0.480 e. The number of hydrogen-bond donors (Lipinski definition) is 1. The number of nitrogens with zero attached hydrogens (tertiary/aromatic N) is 2. The van der Waals surface area contributed by atoms with E-state index in [-0.39, 0.29) is 19.0 Å². The molecule has 0 unspecified atom stereocenters. The van der Waals surface area contributed by atoms with Crippen molar-refractivity contribution in [2.24, 2.45) is 5.92 Å². The molecule has 1 amide bonds. The predicted molar refractivity (Wildman–Crippen MR) is 78.6 cm³/mol. The number of rotatable bonds is 7. The standard InChI is InChI=1S/C15H28N2O3/c1-4-9-17(11-15(19)20)10-14(18)16(3)13-7-5-12(2)6-8-13/h12-13H,4-11H2,1-3H3,(H,19,20). The molecule has 1 fully saturated rings. The van der Waals surface area contributed by atoms with Crippen LogP contribution in [0.4, 0.5) is 0 Å². The van der Waals surface area contributed by atoms with Crippen LogP contribution in [0.25, 0.3) is 0 Å². The third-order valence-electron chi connectivity index (χ3n) is 4.18. The minimum absolute atomic E-state index is 0.0410. The first-order chi connectivity index (χ1) is 9.43. The van der Waals surface area contributed by atoms with Crippen molar-refractivity contribution < 1.29 is 14.7 Å². The smallest absolute Gasteiger partial charge is 0.317 e. The SMILES string of the molecule is CCCN(CC(=O)O)CC(=O)N(C)C1CCC(C)CC1. The Labute approximate surface area is 121 Å². The summed E-state index contributed by atoms with van der Waals surface area (Å²) in [6, 6.07) is 0.326. The minimum Gasteiger partial charge on any atom is -0.480 e. The fourth-order valence-electron chi connectivity index (χ4n) is 2.86. The van der Waals surface area contributed by atoms with Crippen molar-refractivity contribution in [1.82, 2.24) is 9.80 Å². The van der Waals surface area contributed by atoms with E-state index in [1.165, 1.54) is 12.8 Å². The fraction of sp³-hybridized carbons (Fsp3) is 0.867. The molecule has 0 bridgehead atoms. The Balaban J connectivity index is 2.48. The van der Waals surface area contributed by atoms with Crippen LogP contribution < -0.4 is 0 Å². The lowest BCUT2D eigenvalue weighted by Gasteiger charge is -2.34. The van der Waals surface area contributed by atoms with Gasteiger partial charge in [-0.2, -0.15) is 0 Å². The minimum atomic E-state index is -0.875. The van der Waals surface area contributed by atoms with Crippen LogP contribution in [0.3, 0.4) is 0 Å². The highest BCUT2D eigenvalue weighted by Crippen LogP contribution is 2.26. The summed E-state index contributed by atoms with van der Waals surface area (Å²) < 4.78 is 0. The summed E-state index contributed by atoms with van der Waals surface area (Å²) in [5.41, 5.74) is 0. The number of carboxylic acid groups (broad SMARTS) is 1. The van der Waals surface area contributed by atoms with Crippen molar-refractivity contribution in [3.05, 3.63) is 0 Å². The van der Waals surface area contributed by atoms with Crippen LogP contribution in [0.15, 0.2) is 0 Å². The first kappa shape index (κ1) is 17.0. The van der Waals surface area contributed by atoms with E-state index in [1.54, 1.807) is 4.90 Å². The van der Waals surface area contributed by atoms with Gasteiger partial charge in [-0.1, -0.05) is 13.8 Å². The van der Waals surface area contributed by atoms with Gasteiger partial charge in [0, 0.05) is 13.1 Å². The molecule has 0 saturated heterocycles. The second-order valence-electron chi connectivity index (χ2n) is 6.02. The summed E-state index contributed by atoms with van der Waals surface area (Å²) >= 11 is 0. The van der Waals surface area contributed by atoms with Crippen LogP contribution in [0.2, 0.25) is 0 Å². The molecule has 116 valence electrons. The summed E-state index contributed by atoms with van der Waals surface area (Å²) in [5, 5.41) is 8.87. The average molecular weight is 284 g/mol. The molecule has 5 nitrogen and oxygen atoms in total. The van der Waals surface area contributed by atoms with Crippen LogP contribution in [0.1, 0.15) is 46.0 Å². The Morgan fingerprint density at radius 3 is 2.25 bits per heavy atom. The molecule has 1 N–H and O–H groups in total. The molecule has 0 heterocycles. The summed E-state index contributed by atoms with van der Waals surface area (Å²) in [4.78, 5) is 26.6. The zero-order chi connectivity index (χ0) is 15.1. The van der Waals surface area contributed by atoms with Crippen molar-refractivity contribution in [3.63, 3.8) is 0 Å². The molecule has 5 heteroatoms. The molecule has 0 spiro atoms. The summed E-state index contributed by atoms with van der Waals surface area (Å²) in [6.45, 7) is 5.05. The fourth-order valence-corrected chi connectivity index (χ4v) is 2.86. The highest BCUT2D eigenvalue weighted by Gasteiger charge is 2.25. The van der Waals surface area contributed by atoms with Gasteiger partial charge < -0.3 is 10.0 Å². The molecule has 0 aromatic carbocycles. The van der Waals surface area contributed by atoms with E-state index in [9.17, 15) is 9.59 Å². The van der Waals surface area contributed by atoms with Gasteiger partial charge in [-0.3, -0.25) is 14.5 Å². The normalized spacial score (nSPS) is 22.8. The zero-order valence-corrected chi connectivity index (χ0v) is 13.0. The molecule has 20 heavy (non-hydrogen) atoms. The first-order valence-electron chi connectivity index (χ1n) is 7.63. The molecule has 1 aliphatic rings. The van der Waals surface area contributed by atoms with Gasteiger partial charge in [0.2, 0.25) is 5.91 Å². The Kier molecular flexibility index (Phi) is 6.99. The number of carbonyl (C=O) groups is 2. The molecule has 1 saturated carbocycles.